The molecule has 0 aliphatic carbocycles. The van der Waals surface area contributed by atoms with E-state index in [1.807, 2.05) is 0 Å². The third-order valence-corrected chi connectivity index (χ3v) is 7.05. The predicted molar refractivity (Wildman–Crippen MR) is 112 cm³/mol. The van der Waals surface area contributed by atoms with Gasteiger partial charge in [-0.2, -0.15) is 4.98 Å². The van der Waals surface area contributed by atoms with Crippen molar-refractivity contribution in [1.29, 1.82) is 0 Å². The number of carbonyl (C=O) groups excluding carboxylic acids is 1. The van der Waals surface area contributed by atoms with Gasteiger partial charge in [-0.05, 0) is 65.5 Å². The number of nitrogens with two attached hydrogens (primary N) is 1. The maximum absolute atomic E-state index is 12.5. The van der Waals surface area contributed by atoms with E-state index in [1.54, 1.807) is 0 Å². The van der Waals surface area contributed by atoms with E-state index < -0.39 is 5.54 Å². The van der Waals surface area contributed by atoms with Gasteiger partial charge < -0.3 is 15.5 Å². The fourth-order valence-corrected chi connectivity index (χ4v) is 5.09. The number of aromatic nitrogens is 2. The van der Waals surface area contributed by atoms with E-state index in [2.05, 4.69) is 28.5 Å². The first-order chi connectivity index (χ1) is 13.5. The molecule has 4 heterocycles. The van der Waals surface area contributed by atoms with Crippen LogP contribution in [0.5, 0.6) is 0 Å². The Morgan fingerprint density at radius 3 is 2.07 bits per heavy atom. The van der Waals surface area contributed by atoms with Crippen LogP contribution in [0.15, 0.2) is 0 Å². The van der Waals surface area contributed by atoms with Gasteiger partial charge in [-0.1, -0.05) is 6.42 Å². The summed E-state index contributed by atoms with van der Waals surface area (Å²) in [7, 11) is 0. The highest BCUT2D eigenvalue weighted by Crippen LogP contribution is 2.34. The number of likely N-dealkylation sites (tertiary alicyclic amines) is 1. The molecule has 1 aromatic heterocycles. The summed E-state index contributed by atoms with van der Waals surface area (Å²) in [5.41, 5.74) is 7.66. The van der Waals surface area contributed by atoms with Gasteiger partial charge in [0, 0.05) is 37.4 Å². The average molecular weight is 387 g/mol. The minimum Gasteiger partial charge on any atom is -0.368 e. The quantitative estimate of drug-likeness (QED) is 0.853. The van der Waals surface area contributed by atoms with E-state index in [0.717, 1.165) is 75.1 Å². The molecule has 7 nitrogen and oxygen atoms in total. The third kappa shape index (κ3) is 3.45. The zero-order chi connectivity index (χ0) is 19.7. The van der Waals surface area contributed by atoms with Crippen LogP contribution in [-0.2, 0) is 4.79 Å². The lowest BCUT2D eigenvalue weighted by Crippen LogP contribution is -2.63. The number of aryl methyl sites for hydroxylation is 1. The molecule has 0 aromatic carbocycles. The fourth-order valence-electron chi connectivity index (χ4n) is 5.09. The summed E-state index contributed by atoms with van der Waals surface area (Å²) in [6, 6.07) is 0. The van der Waals surface area contributed by atoms with Crippen LogP contribution in [-0.4, -0.2) is 65.6 Å². The Hall–Kier alpha value is -1.89. The second kappa shape index (κ2) is 7.85. The molecule has 3 fully saturated rings. The molecule has 7 heteroatoms. The summed E-state index contributed by atoms with van der Waals surface area (Å²) in [5.74, 6) is 1.74. The van der Waals surface area contributed by atoms with Crippen LogP contribution < -0.4 is 15.5 Å². The van der Waals surface area contributed by atoms with Gasteiger partial charge in [0.1, 0.15) is 11.4 Å². The summed E-state index contributed by atoms with van der Waals surface area (Å²) in [4.78, 5) is 29.2. The third-order valence-electron chi connectivity index (χ3n) is 7.05. The first kappa shape index (κ1) is 19.4. The summed E-state index contributed by atoms with van der Waals surface area (Å²) in [6.45, 7) is 9.89. The molecule has 0 spiro atoms. The molecule has 3 aliphatic rings. The Morgan fingerprint density at radius 2 is 1.46 bits per heavy atom. The van der Waals surface area contributed by atoms with Gasteiger partial charge in [-0.3, -0.25) is 9.69 Å². The van der Waals surface area contributed by atoms with Crippen LogP contribution in [0.4, 0.5) is 11.8 Å². The molecule has 4 rings (SSSR count). The fraction of sp³-hybridized carbons (Fsp3) is 0.762. The van der Waals surface area contributed by atoms with Crippen molar-refractivity contribution in [2.24, 2.45) is 5.73 Å². The zero-order valence-electron chi connectivity index (χ0n) is 17.4. The molecular formula is C21H34N6O. The largest absolute Gasteiger partial charge is 0.368 e. The summed E-state index contributed by atoms with van der Waals surface area (Å²) < 4.78 is 0. The Labute approximate surface area is 168 Å². The van der Waals surface area contributed by atoms with Crippen molar-refractivity contribution in [3.8, 4) is 0 Å². The van der Waals surface area contributed by atoms with Crippen molar-refractivity contribution in [2.45, 2.75) is 64.3 Å². The molecule has 28 heavy (non-hydrogen) atoms. The SMILES string of the molecule is Cc1nc(N2CCCC2)nc(N2CCC(C(N)=O)(N3CCCCC3)CC2)c1C. The molecule has 0 unspecified atom stereocenters. The minimum atomic E-state index is -0.481. The van der Waals surface area contributed by atoms with Crippen molar-refractivity contribution in [3.63, 3.8) is 0 Å². The molecule has 0 saturated carbocycles. The molecule has 2 N–H and O–H groups in total. The first-order valence-electron chi connectivity index (χ1n) is 10.9. The number of primary amides is 1. The van der Waals surface area contributed by atoms with Crippen molar-refractivity contribution in [2.75, 3.05) is 49.1 Å². The Balaban J connectivity index is 1.55. The summed E-state index contributed by atoms with van der Waals surface area (Å²) in [6.07, 6.45) is 7.59. The van der Waals surface area contributed by atoms with E-state index in [4.69, 9.17) is 15.7 Å². The van der Waals surface area contributed by atoms with Crippen LogP contribution in [0.2, 0.25) is 0 Å². The van der Waals surface area contributed by atoms with Crippen LogP contribution >= 0.6 is 0 Å². The van der Waals surface area contributed by atoms with E-state index in [-0.39, 0.29) is 5.91 Å². The lowest BCUT2D eigenvalue weighted by atomic mass is 9.83. The Bertz CT molecular complexity index is 716. The molecule has 3 saturated heterocycles. The highest BCUT2D eigenvalue weighted by atomic mass is 16.1. The van der Waals surface area contributed by atoms with Crippen molar-refractivity contribution >= 4 is 17.7 Å². The van der Waals surface area contributed by atoms with E-state index in [9.17, 15) is 4.79 Å². The molecule has 1 amide bonds. The second-order valence-electron chi connectivity index (χ2n) is 8.68. The minimum absolute atomic E-state index is 0.151. The number of nitrogens with zero attached hydrogens (tertiary/aromatic N) is 5. The molecule has 1 aromatic rings. The highest BCUT2D eigenvalue weighted by molar-refractivity contribution is 5.85. The van der Waals surface area contributed by atoms with Crippen LogP contribution in [0.25, 0.3) is 0 Å². The zero-order valence-corrected chi connectivity index (χ0v) is 17.4. The van der Waals surface area contributed by atoms with E-state index in [0.29, 0.717) is 0 Å². The number of anilines is 2. The molecule has 0 radical (unpaired) electrons. The van der Waals surface area contributed by atoms with Crippen LogP contribution in [0.3, 0.4) is 0 Å². The van der Waals surface area contributed by atoms with E-state index >= 15 is 0 Å². The van der Waals surface area contributed by atoms with Crippen LogP contribution in [0, 0.1) is 13.8 Å². The number of hydrogen-bond acceptors (Lipinski definition) is 6. The number of amides is 1. The molecule has 3 aliphatic heterocycles. The topological polar surface area (TPSA) is 78.6 Å². The summed E-state index contributed by atoms with van der Waals surface area (Å²) in [5, 5.41) is 0. The van der Waals surface area contributed by atoms with E-state index in [1.165, 1.54) is 32.1 Å². The van der Waals surface area contributed by atoms with Gasteiger partial charge in [-0.25, -0.2) is 4.98 Å². The van der Waals surface area contributed by atoms with Gasteiger partial charge in [0.15, 0.2) is 0 Å². The number of rotatable bonds is 4. The van der Waals surface area contributed by atoms with Gasteiger partial charge in [0.2, 0.25) is 11.9 Å². The number of hydrogen-bond donors (Lipinski definition) is 1. The van der Waals surface area contributed by atoms with Crippen molar-refractivity contribution in [3.05, 3.63) is 11.3 Å². The Kier molecular flexibility index (Phi) is 5.45. The maximum Gasteiger partial charge on any atom is 0.238 e. The highest BCUT2D eigenvalue weighted by Gasteiger charge is 2.45. The number of carbonyl (C=O) groups is 1. The summed E-state index contributed by atoms with van der Waals surface area (Å²) >= 11 is 0. The molecule has 0 atom stereocenters. The Morgan fingerprint density at radius 1 is 0.857 bits per heavy atom. The average Bonchev–Trinajstić information content (AvgIpc) is 3.25. The second-order valence-corrected chi connectivity index (χ2v) is 8.68. The lowest BCUT2D eigenvalue weighted by molar-refractivity contribution is -0.132. The number of piperidine rings is 2. The molecule has 0 bridgehead atoms. The van der Waals surface area contributed by atoms with Gasteiger partial charge >= 0.3 is 0 Å². The van der Waals surface area contributed by atoms with Gasteiger partial charge in [-0.15, -0.1) is 0 Å². The monoisotopic (exact) mass is 386 g/mol. The molecular weight excluding hydrogens is 352 g/mol. The smallest absolute Gasteiger partial charge is 0.238 e. The predicted octanol–water partition coefficient (Wildman–Crippen LogP) is 2.00. The normalized spacial score (nSPS) is 23.2. The first-order valence-corrected chi connectivity index (χ1v) is 10.9. The van der Waals surface area contributed by atoms with Crippen molar-refractivity contribution in [1.82, 2.24) is 14.9 Å². The van der Waals surface area contributed by atoms with Gasteiger partial charge in [0.05, 0.1) is 0 Å². The lowest BCUT2D eigenvalue weighted by Gasteiger charge is -2.48. The standard InChI is InChI=1S/C21H34N6O/c1-16-17(2)23-20(26-10-6-7-11-26)24-18(16)25-14-8-21(9-15-25,19(22)28)27-12-4-3-5-13-27/h3-15H2,1-2H3,(H2,22,28). The van der Waals surface area contributed by atoms with Gasteiger partial charge in [0.25, 0.3) is 0 Å². The van der Waals surface area contributed by atoms with Crippen LogP contribution in [0.1, 0.15) is 56.2 Å². The van der Waals surface area contributed by atoms with Crippen molar-refractivity contribution < 1.29 is 4.79 Å². The maximum atomic E-state index is 12.5. The molecule has 154 valence electrons.